The molecule has 112 valence electrons. The number of benzene rings is 1. The van der Waals surface area contributed by atoms with Crippen LogP contribution in [0.2, 0.25) is 0 Å². The predicted molar refractivity (Wildman–Crippen MR) is 83.3 cm³/mol. The van der Waals surface area contributed by atoms with Crippen LogP contribution in [0.4, 0.5) is 5.69 Å². The second kappa shape index (κ2) is 6.54. The minimum Gasteiger partial charge on any atom is -0.399 e. The average Bonchev–Trinajstić information content (AvgIpc) is 2.97. The average molecular weight is 287 g/mol. The molecule has 0 aliphatic rings. The second-order valence-corrected chi connectivity index (χ2v) is 4.87. The molecule has 0 unspecified atom stereocenters. The summed E-state index contributed by atoms with van der Waals surface area (Å²) < 4.78 is 10.9. The van der Waals surface area contributed by atoms with Crippen LogP contribution in [-0.2, 0) is 10.3 Å². The van der Waals surface area contributed by atoms with Gasteiger partial charge in [-0.2, -0.15) is 4.98 Å². The number of hydrogen-bond acceptors (Lipinski definition) is 5. The van der Waals surface area contributed by atoms with Crippen LogP contribution in [0, 0.1) is 0 Å². The molecular formula is C16H21N3O2. The Balaban J connectivity index is 2.20. The van der Waals surface area contributed by atoms with Crippen molar-refractivity contribution in [1.29, 1.82) is 0 Å². The van der Waals surface area contributed by atoms with E-state index in [4.69, 9.17) is 15.0 Å². The maximum absolute atomic E-state index is 5.74. The Morgan fingerprint density at radius 2 is 2.05 bits per heavy atom. The fraction of sp³-hybridized carbons (Fsp3) is 0.375. The Hall–Kier alpha value is -2.14. The summed E-state index contributed by atoms with van der Waals surface area (Å²) in [6.07, 6.45) is 5.24. The van der Waals surface area contributed by atoms with E-state index in [-0.39, 0.29) is 0 Å². The van der Waals surface area contributed by atoms with Crippen LogP contribution >= 0.6 is 0 Å². The number of ether oxygens (including phenoxy) is 1. The summed E-state index contributed by atoms with van der Waals surface area (Å²) >= 11 is 0. The number of methoxy groups -OCH3 is 1. The summed E-state index contributed by atoms with van der Waals surface area (Å²) in [7, 11) is 1.67. The SMILES string of the molecule is CCC(CC)(OC)c1noc(/C=C/c2cccc(N)c2)n1. The number of aromatic nitrogens is 2. The van der Waals surface area contributed by atoms with Gasteiger partial charge in [-0.25, -0.2) is 0 Å². The Kier molecular flexibility index (Phi) is 4.75. The molecular weight excluding hydrogens is 266 g/mol. The van der Waals surface area contributed by atoms with E-state index in [0.29, 0.717) is 11.7 Å². The van der Waals surface area contributed by atoms with Crippen molar-refractivity contribution in [3.05, 3.63) is 41.5 Å². The number of anilines is 1. The van der Waals surface area contributed by atoms with Gasteiger partial charge in [-0.1, -0.05) is 31.1 Å². The first-order valence-electron chi connectivity index (χ1n) is 7.06. The lowest BCUT2D eigenvalue weighted by Gasteiger charge is -2.25. The number of nitrogen functional groups attached to an aromatic ring is 1. The molecule has 2 aromatic rings. The summed E-state index contributed by atoms with van der Waals surface area (Å²) in [6, 6.07) is 7.59. The van der Waals surface area contributed by atoms with Gasteiger partial charge < -0.3 is 15.0 Å². The number of nitrogens with two attached hydrogens (primary N) is 1. The highest BCUT2D eigenvalue weighted by Crippen LogP contribution is 2.30. The first-order valence-corrected chi connectivity index (χ1v) is 7.06. The van der Waals surface area contributed by atoms with Crippen molar-refractivity contribution in [2.24, 2.45) is 0 Å². The summed E-state index contributed by atoms with van der Waals surface area (Å²) in [5, 5.41) is 4.04. The molecule has 0 spiro atoms. The maximum Gasteiger partial charge on any atom is 0.250 e. The van der Waals surface area contributed by atoms with Crippen molar-refractivity contribution < 1.29 is 9.26 Å². The summed E-state index contributed by atoms with van der Waals surface area (Å²) in [4.78, 5) is 4.41. The van der Waals surface area contributed by atoms with Gasteiger partial charge in [-0.15, -0.1) is 0 Å². The minimum absolute atomic E-state index is 0.454. The van der Waals surface area contributed by atoms with Crippen molar-refractivity contribution >= 4 is 17.8 Å². The highest BCUT2D eigenvalue weighted by atomic mass is 16.5. The molecule has 0 atom stereocenters. The van der Waals surface area contributed by atoms with Gasteiger partial charge in [0.25, 0.3) is 5.89 Å². The Bertz CT molecular complexity index is 607. The van der Waals surface area contributed by atoms with Crippen molar-refractivity contribution in [3.63, 3.8) is 0 Å². The number of rotatable bonds is 6. The molecule has 0 saturated heterocycles. The lowest BCUT2D eigenvalue weighted by Crippen LogP contribution is -2.28. The molecule has 0 aliphatic carbocycles. The van der Waals surface area contributed by atoms with Crippen LogP contribution in [0.1, 0.15) is 44.0 Å². The molecule has 0 aliphatic heterocycles. The van der Waals surface area contributed by atoms with E-state index in [1.54, 1.807) is 13.2 Å². The molecule has 0 amide bonds. The fourth-order valence-corrected chi connectivity index (χ4v) is 2.26. The third kappa shape index (κ3) is 3.31. The van der Waals surface area contributed by atoms with E-state index in [0.717, 1.165) is 24.1 Å². The van der Waals surface area contributed by atoms with E-state index >= 15 is 0 Å². The van der Waals surface area contributed by atoms with E-state index < -0.39 is 5.60 Å². The van der Waals surface area contributed by atoms with E-state index in [2.05, 4.69) is 10.1 Å². The quantitative estimate of drug-likeness (QED) is 0.823. The van der Waals surface area contributed by atoms with Crippen LogP contribution < -0.4 is 5.73 Å². The third-order valence-electron chi connectivity index (χ3n) is 3.71. The van der Waals surface area contributed by atoms with Gasteiger partial charge in [0, 0.05) is 18.9 Å². The second-order valence-electron chi connectivity index (χ2n) is 4.87. The smallest absolute Gasteiger partial charge is 0.250 e. The normalized spacial score (nSPS) is 12.1. The lowest BCUT2D eigenvalue weighted by molar-refractivity contribution is -0.0306. The molecule has 2 N–H and O–H groups in total. The van der Waals surface area contributed by atoms with Crippen LogP contribution in [0.25, 0.3) is 12.2 Å². The standard InChI is InChI=1S/C16H21N3O2/c1-4-16(5-2,20-3)15-18-14(21-19-15)10-9-12-7-6-8-13(17)11-12/h6-11H,4-5,17H2,1-3H3/b10-9+. The van der Waals surface area contributed by atoms with Gasteiger partial charge in [-0.3, -0.25) is 0 Å². The number of hydrogen-bond donors (Lipinski definition) is 1. The Morgan fingerprint density at radius 1 is 1.29 bits per heavy atom. The molecule has 1 aromatic carbocycles. The van der Waals surface area contributed by atoms with Gasteiger partial charge in [-0.05, 0) is 36.6 Å². The van der Waals surface area contributed by atoms with Gasteiger partial charge in [0.2, 0.25) is 5.82 Å². The Morgan fingerprint density at radius 3 is 2.67 bits per heavy atom. The monoisotopic (exact) mass is 287 g/mol. The van der Waals surface area contributed by atoms with Crippen LogP contribution in [-0.4, -0.2) is 17.3 Å². The van der Waals surface area contributed by atoms with Gasteiger partial charge in [0.1, 0.15) is 5.60 Å². The maximum atomic E-state index is 5.74. The van der Waals surface area contributed by atoms with Crippen LogP contribution in [0.3, 0.4) is 0 Å². The third-order valence-corrected chi connectivity index (χ3v) is 3.71. The van der Waals surface area contributed by atoms with Crippen LogP contribution in [0.15, 0.2) is 28.8 Å². The zero-order valence-corrected chi connectivity index (χ0v) is 12.7. The molecule has 0 saturated carbocycles. The molecule has 5 nitrogen and oxygen atoms in total. The van der Waals surface area contributed by atoms with E-state index in [1.165, 1.54) is 0 Å². The van der Waals surface area contributed by atoms with Crippen molar-refractivity contribution in [1.82, 2.24) is 10.1 Å². The zero-order chi connectivity index (χ0) is 15.3. The molecule has 1 aromatic heterocycles. The van der Waals surface area contributed by atoms with Crippen LogP contribution in [0.5, 0.6) is 0 Å². The highest BCUT2D eigenvalue weighted by molar-refractivity contribution is 5.67. The van der Waals surface area contributed by atoms with E-state index in [1.807, 2.05) is 44.2 Å². The largest absolute Gasteiger partial charge is 0.399 e. The fourth-order valence-electron chi connectivity index (χ4n) is 2.26. The number of nitrogens with zero attached hydrogens (tertiary/aromatic N) is 2. The molecule has 21 heavy (non-hydrogen) atoms. The van der Waals surface area contributed by atoms with Crippen molar-refractivity contribution in [2.45, 2.75) is 32.3 Å². The summed E-state index contributed by atoms with van der Waals surface area (Å²) in [6.45, 7) is 4.09. The molecule has 0 bridgehead atoms. The zero-order valence-electron chi connectivity index (χ0n) is 12.7. The first-order chi connectivity index (χ1) is 10.1. The molecule has 2 rings (SSSR count). The molecule has 1 heterocycles. The molecule has 0 fully saturated rings. The molecule has 0 radical (unpaired) electrons. The minimum atomic E-state index is -0.479. The summed E-state index contributed by atoms with van der Waals surface area (Å²) in [5.74, 6) is 1.04. The molecule has 5 heteroatoms. The first kappa shape index (κ1) is 15.3. The van der Waals surface area contributed by atoms with Crippen molar-refractivity contribution in [3.8, 4) is 0 Å². The van der Waals surface area contributed by atoms with E-state index in [9.17, 15) is 0 Å². The van der Waals surface area contributed by atoms with Gasteiger partial charge in [0.15, 0.2) is 0 Å². The predicted octanol–water partition coefficient (Wildman–Crippen LogP) is 3.48. The summed E-state index contributed by atoms with van der Waals surface area (Å²) in [5.41, 5.74) is 6.97. The Labute approximate surface area is 124 Å². The van der Waals surface area contributed by atoms with Gasteiger partial charge in [0.05, 0.1) is 0 Å². The van der Waals surface area contributed by atoms with Crippen molar-refractivity contribution in [2.75, 3.05) is 12.8 Å². The topological polar surface area (TPSA) is 74.2 Å². The lowest BCUT2D eigenvalue weighted by atomic mass is 9.96. The highest BCUT2D eigenvalue weighted by Gasteiger charge is 2.33. The van der Waals surface area contributed by atoms with Gasteiger partial charge >= 0.3 is 0 Å².